The standard InChI is InChI=1S/C90H86O25/c91-71-68(56-105-89-78(113-86(99)66-49-29-13-30-50-66)76(111-84(97)64-45-25-11-26-46-64)73(109-82(95)62-41-21-9-22-42-62)69(107-89)57-103-80(93)60-37-17-7-18-38-60)106-88(102-54-34-5-3-1-2-4-33-53-101-55-59-35-15-6-16-36-59)72(92)75(71)115-90-79(114-87(100)67-51-31-14-32-52-67)77(112-85(98)65-47-27-12-28-48-65)74(110-83(96)63-43-23-10-24-44-63)70(108-90)58-104-81(94)61-39-19-8-20-40-61/h1,3,6-32,35-52,68-79,88-92H,2,4-5,33-34,53-58H2/b3-1+/t68-,69-,70-,71-,72+,73-,74-,75+,76+,77+,78+,79+,88+,89+,90-/m1/s1. The Balaban J connectivity index is 0.903. The van der Waals surface area contributed by atoms with E-state index < -0.39 is 160 Å². The normalized spacial score (nSPS) is 23.1. The smallest absolute Gasteiger partial charge is 0.338 e. The largest absolute Gasteiger partial charge is 0.459 e. The number of carbonyl (C=O) groups is 8. The highest BCUT2D eigenvalue weighted by molar-refractivity contribution is 5.93. The molecule has 0 spiro atoms. The number of hydrogen-bond donors (Lipinski definition) is 2. The fourth-order valence-corrected chi connectivity index (χ4v) is 12.8. The molecule has 25 heteroatoms. The molecule has 3 saturated heterocycles. The number of unbranched alkanes of at least 4 members (excludes halogenated alkanes) is 3. The van der Waals surface area contributed by atoms with E-state index in [2.05, 4.69) is 0 Å². The minimum absolute atomic E-state index is 0.00404. The second-order valence-electron chi connectivity index (χ2n) is 26.9. The van der Waals surface area contributed by atoms with E-state index in [1.165, 1.54) is 97.1 Å². The lowest BCUT2D eigenvalue weighted by molar-refractivity contribution is -0.364. The molecule has 9 aromatic carbocycles. The van der Waals surface area contributed by atoms with Gasteiger partial charge in [0.1, 0.15) is 49.8 Å². The number of hydrogen-bond acceptors (Lipinski definition) is 25. The Labute approximate surface area is 663 Å². The van der Waals surface area contributed by atoms with Gasteiger partial charge in [-0.1, -0.05) is 188 Å². The Bertz CT molecular complexity index is 4590. The van der Waals surface area contributed by atoms with Crippen LogP contribution in [0.4, 0.5) is 0 Å². The average molecular weight is 1570 g/mol. The summed E-state index contributed by atoms with van der Waals surface area (Å²) in [6, 6.07) is 71.8. The molecule has 0 saturated carbocycles. The monoisotopic (exact) mass is 1570 g/mol. The molecule has 15 atom stereocenters. The van der Waals surface area contributed by atoms with Gasteiger partial charge in [0, 0.05) is 6.61 Å². The number of rotatable bonds is 35. The van der Waals surface area contributed by atoms with Crippen LogP contribution >= 0.6 is 0 Å². The van der Waals surface area contributed by atoms with Gasteiger partial charge in [0.15, 0.2) is 55.5 Å². The molecule has 3 aliphatic heterocycles. The van der Waals surface area contributed by atoms with Crippen molar-refractivity contribution >= 4 is 47.8 Å². The molecule has 115 heavy (non-hydrogen) atoms. The van der Waals surface area contributed by atoms with E-state index in [9.17, 15) is 48.6 Å². The van der Waals surface area contributed by atoms with Gasteiger partial charge in [-0.3, -0.25) is 0 Å². The van der Waals surface area contributed by atoms with Crippen molar-refractivity contribution in [2.75, 3.05) is 33.0 Å². The first kappa shape index (κ1) is 82.6. The quantitative estimate of drug-likeness (QED) is 0.0161. The first-order valence-electron chi connectivity index (χ1n) is 37.7. The van der Waals surface area contributed by atoms with Gasteiger partial charge in [-0.05, 0) is 135 Å². The van der Waals surface area contributed by atoms with Gasteiger partial charge < -0.3 is 81.3 Å². The van der Waals surface area contributed by atoms with Crippen LogP contribution in [0.25, 0.3) is 0 Å². The van der Waals surface area contributed by atoms with Crippen molar-refractivity contribution in [3.05, 3.63) is 335 Å². The van der Waals surface area contributed by atoms with E-state index in [0.29, 0.717) is 26.1 Å². The zero-order valence-corrected chi connectivity index (χ0v) is 62.4. The van der Waals surface area contributed by atoms with E-state index in [4.69, 9.17) is 71.1 Å². The Kier molecular flexibility index (Phi) is 30.4. The van der Waals surface area contributed by atoms with Crippen LogP contribution in [0, 0.1) is 0 Å². The molecule has 3 aliphatic rings. The Hall–Kier alpha value is -11.9. The van der Waals surface area contributed by atoms with Crippen molar-refractivity contribution in [1.82, 2.24) is 0 Å². The maximum Gasteiger partial charge on any atom is 0.338 e. The van der Waals surface area contributed by atoms with Crippen molar-refractivity contribution in [3.63, 3.8) is 0 Å². The van der Waals surface area contributed by atoms with E-state index in [1.807, 2.05) is 42.5 Å². The molecule has 0 radical (unpaired) electrons. The topological polar surface area (TPSA) is 315 Å². The summed E-state index contributed by atoms with van der Waals surface area (Å²) in [7, 11) is 0. The molecule has 0 unspecified atom stereocenters. The highest BCUT2D eigenvalue weighted by atomic mass is 16.8. The van der Waals surface area contributed by atoms with E-state index in [-0.39, 0.29) is 51.1 Å². The molecule has 9 aromatic rings. The van der Waals surface area contributed by atoms with Crippen molar-refractivity contribution in [3.8, 4) is 0 Å². The molecule has 3 fully saturated rings. The number of ether oxygens (including phenoxy) is 15. The third kappa shape index (κ3) is 23.2. The number of allylic oxidation sites excluding steroid dienone is 2. The fraction of sp³-hybridized carbons (Fsp3) is 0.289. The van der Waals surface area contributed by atoms with Gasteiger partial charge >= 0.3 is 47.8 Å². The molecule has 0 aromatic heterocycles. The van der Waals surface area contributed by atoms with Gasteiger partial charge in [-0.2, -0.15) is 0 Å². The number of aliphatic hydroxyl groups excluding tert-OH is 2. The molecule has 596 valence electrons. The summed E-state index contributed by atoms with van der Waals surface area (Å²) >= 11 is 0. The molecule has 2 N–H and O–H groups in total. The summed E-state index contributed by atoms with van der Waals surface area (Å²) in [5.74, 6) is -7.79. The summed E-state index contributed by atoms with van der Waals surface area (Å²) in [5.41, 5.74) is 1.29. The number of benzene rings is 9. The van der Waals surface area contributed by atoms with Crippen molar-refractivity contribution in [1.29, 1.82) is 0 Å². The summed E-state index contributed by atoms with van der Waals surface area (Å²) in [6.45, 7) is -1.39. The molecule has 3 heterocycles. The summed E-state index contributed by atoms with van der Waals surface area (Å²) in [5, 5.41) is 25.9. The minimum atomic E-state index is -2.12. The summed E-state index contributed by atoms with van der Waals surface area (Å²) in [6.07, 6.45) is -21.3. The average Bonchev–Trinajstić information content (AvgIpc) is 0.776. The van der Waals surface area contributed by atoms with Gasteiger partial charge in [0.25, 0.3) is 0 Å². The lowest BCUT2D eigenvalue weighted by atomic mass is 9.95. The SMILES string of the molecule is O=C(OC[C@H]1O[C@H](OC[C@H]2O[C@H](OCCC/C=C/CCCCOCc3ccccc3)[C@@H](O)[C@@H](O[C@H]3O[C@H](COC(=O)c4ccccc4)[C@@H](OC(=O)c4ccccc4)[C@H](OC(=O)c4ccccc4)[C@@H]3OC(=O)c3ccccc3)[C@@H]2O)[C@@H](OC(=O)c2ccccc2)[C@@H](OC(=O)c2ccccc2)[C@@H]1OC(=O)c1ccccc1)c1ccccc1. The van der Waals surface area contributed by atoms with Gasteiger partial charge in [-0.25, -0.2) is 38.4 Å². The van der Waals surface area contributed by atoms with Crippen molar-refractivity contribution in [2.24, 2.45) is 0 Å². The number of carbonyl (C=O) groups excluding carboxylic acids is 8. The third-order valence-corrected chi connectivity index (χ3v) is 18.8. The van der Waals surface area contributed by atoms with Crippen LogP contribution in [0.1, 0.15) is 121 Å². The summed E-state index contributed by atoms with van der Waals surface area (Å²) < 4.78 is 95.3. The van der Waals surface area contributed by atoms with Crippen LogP contribution in [0.15, 0.2) is 285 Å². The highest BCUT2D eigenvalue weighted by Gasteiger charge is 2.58. The molecular weight excluding hydrogens is 1480 g/mol. The second-order valence-corrected chi connectivity index (χ2v) is 26.9. The van der Waals surface area contributed by atoms with Gasteiger partial charge in [0.2, 0.25) is 0 Å². The van der Waals surface area contributed by atoms with Crippen molar-refractivity contribution in [2.45, 2.75) is 131 Å². The zero-order valence-electron chi connectivity index (χ0n) is 62.4. The maximum atomic E-state index is 14.7. The molecule has 25 nitrogen and oxygen atoms in total. The van der Waals surface area contributed by atoms with Gasteiger partial charge in [0.05, 0.1) is 64.3 Å². The lowest BCUT2D eigenvalue weighted by Crippen LogP contribution is -2.67. The molecule has 0 amide bonds. The van der Waals surface area contributed by atoms with E-state index in [1.54, 1.807) is 146 Å². The van der Waals surface area contributed by atoms with E-state index >= 15 is 0 Å². The maximum absolute atomic E-state index is 14.7. The second kappa shape index (κ2) is 42.3. The minimum Gasteiger partial charge on any atom is -0.459 e. The third-order valence-electron chi connectivity index (χ3n) is 18.8. The van der Waals surface area contributed by atoms with E-state index in [0.717, 1.165) is 24.8 Å². The van der Waals surface area contributed by atoms with Crippen LogP contribution in [0.3, 0.4) is 0 Å². The van der Waals surface area contributed by atoms with Gasteiger partial charge in [-0.15, -0.1) is 0 Å². The fourth-order valence-electron chi connectivity index (χ4n) is 12.8. The first-order valence-corrected chi connectivity index (χ1v) is 37.7. The molecule has 0 aliphatic carbocycles. The number of esters is 8. The highest BCUT2D eigenvalue weighted by Crippen LogP contribution is 2.38. The molecule has 12 rings (SSSR count). The Morgan fingerprint density at radius 3 is 0.983 bits per heavy atom. The zero-order chi connectivity index (χ0) is 80.1. The number of aliphatic hydroxyl groups is 2. The van der Waals surface area contributed by atoms with Crippen LogP contribution in [-0.2, 0) is 77.7 Å². The van der Waals surface area contributed by atoms with Crippen LogP contribution < -0.4 is 0 Å². The Morgan fingerprint density at radius 2 is 0.600 bits per heavy atom. The molecular formula is C90H86O25. The predicted octanol–water partition coefficient (Wildman–Crippen LogP) is 12.1. The van der Waals surface area contributed by atoms with Crippen LogP contribution in [0.5, 0.6) is 0 Å². The summed E-state index contributed by atoms with van der Waals surface area (Å²) in [4.78, 5) is 115. The van der Waals surface area contributed by atoms with Crippen molar-refractivity contribution < 1.29 is 120 Å². The molecule has 0 bridgehead atoms. The Morgan fingerprint density at radius 1 is 0.287 bits per heavy atom. The predicted molar refractivity (Wildman–Crippen MR) is 410 cm³/mol. The lowest BCUT2D eigenvalue weighted by Gasteiger charge is -2.48. The first-order chi connectivity index (χ1) is 56.2. The van der Waals surface area contributed by atoms with Crippen LogP contribution in [0.2, 0.25) is 0 Å². The van der Waals surface area contributed by atoms with Crippen LogP contribution in [-0.4, -0.2) is 183 Å².